The molecule has 1 aliphatic carbocycles. The average molecular weight is 306 g/mol. The lowest BCUT2D eigenvalue weighted by Gasteiger charge is -2.12. The zero-order chi connectivity index (χ0) is 16.1. The Labute approximate surface area is 127 Å². The molecule has 0 unspecified atom stereocenters. The molecule has 0 atom stereocenters. The van der Waals surface area contributed by atoms with Crippen molar-refractivity contribution in [2.45, 2.75) is 38.6 Å². The Bertz CT molecular complexity index is 594. The minimum absolute atomic E-state index is 0.00706. The fraction of sp³-hybridized carbons (Fsp3) is 0.467. The number of carbonyl (C=O) groups excluding carboxylic acids is 2. The molecule has 0 aliphatic heterocycles. The van der Waals surface area contributed by atoms with Gasteiger partial charge in [-0.2, -0.15) is 0 Å². The Morgan fingerprint density at radius 2 is 1.91 bits per heavy atom. The zero-order valence-electron chi connectivity index (χ0n) is 12.3. The van der Waals surface area contributed by atoms with Gasteiger partial charge in [-0.25, -0.2) is 4.79 Å². The van der Waals surface area contributed by atoms with Gasteiger partial charge in [-0.3, -0.25) is 14.9 Å². The molecule has 0 radical (unpaired) electrons. The maximum Gasteiger partial charge on any atom is 0.338 e. The summed E-state index contributed by atoms with van der Waals surface area (Å²) in [6, 6.07) is 3.71. The summed E-state index contributed by atoms with van der Waals surface area (Å²) in [4.78, 5) is 34.3. The second-order valence-corrected chi connectivity index (χ2v) is 5.20. The first kappa shape index (κ1) is 15.9. The van der Waals surface area contributed by atoms with Crippen LogP contribution in [0.4, 0.5) is 5.69 Å². The molecule has 1 N–H and O–H groups in total. The van der Waals surface area contributed by atoms with Crippen LogP contribution in [0.2, 0.25) is 0 Å². The molecule has 1 saturated carbocycles. The van der Waals surface area contributed by atoms with Gasteiger partial charge in [0.1, 0.15) is 0 Å². The summed E-state index contributed by atoms with van der Waals surface area (Å²) in [6.07, 6.45) is 3.94. The van der Waals surface area contributed by atoms with Crippen LogP contribution in [0.3, 0.4) is 0 Å². The number of nitrogens with zero attached hydrogens (tertiary/aromatic N) is 1. The van der Waals surface area contributed by atoms with E-state index in [1.165, 1.54) is 12.1 Å². The minimum atomic E-state index is -0.680. The van der Waals surface area contributed by atoms with Crippen molar-refractivity contribution in [2.75, 3.05) is 6.61 Å². The first-order valence-electron chi connectivity index (χ1n) is 7.28. The maximum atomic E-state index is 12.2. The number of nitro benzene ring substituents is 1. The molecule has 1 aromatic carbocycles. The predicted octanol–water partition coefficient (Wildman–Crippen LogP) is 2.44. The van der Waals surface area contributed by atoms with E-state index in [0.717, 1.165) is 31.7 Å². The maximum absolute atomic E-state index is 12.2. The summed E-state index contributed by atoms with van der Waals surface area (Å²) in [7, 11) is 0. The van der Waals surface area contributed by atoms with Crippen LogP contribution >= 0.6 is 0 Å². The molecule has 1 aromatic rings. The third kappa shape index (κ3) is 3.81. The summed E-state index contributed by atoms with van der Waals surface area (Å²) in [6.45, 7) is 1.80. The second kappa shape index (κ2) is 7.02. The molecule has 7 nitrogen and oxygen atoms in total. The number of ether oxygens (including phenoxy) is 1. The summed E-state index contributed by atoms with van der Waals surface area (Å²) in [5, 5.41) is 13.8. The normalized spacial score (nSPS) is 14.6. The number of amides is 1. The van der Waals surface area contributed by atoms with E-state index in [-0.39, 0.29) is 29.5 Å². The van der Waals surface area contributed by atoms with Crippen molar-refractivity contribution in [2.24, 2.45) is 0 Å². The Hall–Kier alpha value is -2.44. The molecular formula is C15H18N2O5. The van der Waals surface area contributed by atoms with Gasteiger partial charge >= 0.3 is 5.97 Å². The minimum Gasteiger partial charge on any atom is -0.462 e. The zero-order valence-corrected chi connectivity index (χ0v) is 12.3. The highest BCUT2D eigenvalue weighted by Gasteiger charge is 2.22. The van der Waals surface area contributed by atoms with Crippen LogP contribution in [0.5, 0.6) is 0 Å². The van der Waals surface area contributed by atoms with Gasteiger partial charge in [-0.15, -0.1) is 0 Å². The highest BCUT2D eigenvalue weighted by atomic mass is 16.6. The van der Waals surface area contributed by atoms with Crippen LogP contribution in [0.15, 0.2) is 18.2 Å². The van der Waals surface area contributed by atoms with E-state index in [2.05, 4.69) is 5.32 Å². The van der Waals surface area contributed by atoms with Crippen LogP contribution in [0.25, 0.3) is 0 Å². The number of non-ortho nitro benzene ring substituents is 1. The van der Waals surface area contributed by atoms with Crippen LogP contribution in [0, 0.1) is 10.1 Å². The smallest absolute Gasteiger partial charge is 0.338 e. The van der Waals surface area contributed by atoms with Gasteiger partial charge in [-0.05, 0) is 25.8 Å². The molecule has 1 fully saturated rings. The Morgan fingerprint density at radius 3 is 2.50 bits per heavy atom. The molecule has 2 rings (SSSR count). The summed E-state index contributed by atoms with van der Waals surface area (Å²) < 4.78 is 4.84. The highest BCUT2D eigenvalue weighted by Crippen LogP contribution is 2.21. The first-order valence-corrected chi connectivity index (χ1v) is 7.28. The first-order chi connectivity index (χ1) is 10.5. The molecule has 7 heteroatoms. The Kier molecular flexibility index (Phi) is 5.08. The topological polar surface area (TPSA) is 98.5 Å². The molecule has 22 heavy (non-hydrogen) atoms. The number of benzene rings is 1. The Morgan fingerprint density at radius 1 is 1.27 bits per heavy atom. The monoisotopic (exact) mass is 306 g/mol. The molecule has 118 valence electrons. The van der Waals surface area contributed by atoms with Crippen molar-refractivity contribution in [1.82, 2.24) is 5.32 Å². The summed E-state index contributed by atoms with van der Waals surface area (Å²) >= 11 is 0. The molecule has 0 bridgehead atoms. The van der Waals surface area contributed by atoms with Gasteiger partial charge in [-0.1, -0.05) is 12.8 Å². The van der Waals surface area contributed by atoms with Gasteiger partial charge in [0.15, 0.2) is 0 Å². The van der Waals surface area contributed by atoms with E-state index < -0.39 is 16.8 Å². The van der Waals surface area contributed by atoms with Crippen LogP contribution in [-0.4, -0.2) is 29.4 Å². The number of nitrogens with one attached hydrogen (secondary N) is 1. The van der Waals surface area contributed by atoms with E-state index >= 15 is 0 Å². The van der Waals surface area contributed by atoms with Gasteiger partial charge in [0, 0.05) is 23.7 Å². The number of hydrogen-bond donors (Lipinski definition) is 1. The van der Waals surface area contributed by atoms with E-state index in [4.69, 9.17) is 4.74 Å². The van der Waals surface area contributed by atoms with Gasteiger partial charge in [0.25, 0.3) is 11.6 Å². The van der Waals surface area contributed by atoms with Crippen molar-refractivity contribution in [1.29, 1.82) is 0 Å². The van der Waals surface area contributed by atoms with Crippen molar-refractivity contribution in [3.05, 3.63) is 39.4 Å². The molecule has 1 amide bonds. The van der Waals surface area contributed by atoms with Gasteiger partial charge < -0.3 is 10.1 Å². The lowest BCUT2D eigenvalue weighted by atomic mass is 10.1. The standard InChI is InChI=1S/C15H18N2O5/c1-2-22-15(19)11-7-10(8-13(9-11)17(20)21)14(18)16-12-5-3-4-6-12/h7-9,12H,2-6H2,1H3,(H,16,18). The lowest BCUT2D eigenvalue weighted by Crippen LogP contribution is -2.32. The molecule has 0 heterocycles. The van der Waals surface area contributed by atoms with Gasteiger partial charge in [0.2, 0.25) is 0 Å². The van der Waals surface area contributed by atoms with E-state index in [9.17, 15) is 19.7 Å². The molecule has 1 aliphatic rings. The number of rotatable bonds is 5. The number of nitro groups is 1. The molecule has 0 aromatic heterocycles. The van der Waals surface area contributed by atoms with E-state index in [0.29, 0.717) is 0 Å². The van der Waals surface area contributed by atoms with Crippen LogP contribution in [0.1, 0.15) is 53.3 Å². The highest BCUT2D eigenvalue weighted by molar-refractivity contribution is 5.99. The van der Waals surface area contributed by atoms with Crippen LogP contribution < -0.4 is 5.32 Å². The van der Waals surface area contributed by atoms with Crippen molar-refractivity contribution in [3.63, 3.8) is 0 Å². The number of hydrogen-bond acceptors (Lipinski definition) is 5. The number of esters is 1. The largest absolute Gasteiger partial charge is 0.462 e. The van der Waals surface area contributed by atoms with Crippen molar-refractivity contribution >= 4 is 17.6 Å². The predicted molar refractivity (Wildman–Crippen MR) is 78.8 cm³/mol. The van der Waals surface area contributed by atoms with Crippen molar-refractivity contribution in [3.8, 4) is 0 Å². The SMILES string of the molecule is CCOC(=O)c1cc(C(=O)NC2CCCC2)cc([N+](=O)[O-])c1. The fourth-order valence-electron chi connectivity index (χ4n) is 2.52. The lowest BCUT2D eigenvalue weighted by molar-refractivity contribution is -0.384. The molecule has 0 spiro atoms. The third-order valence-electron chi connectivity index (χ3n) is 3.59. The summed E-state index contributed by atoms with van der Waals surface area (Å²) in [5.74, 6) is -1.08. The summed E-state index contributed by atoms with van der Waals surface area (Å²) in [5.41, 5.74) is -0.195. The second-order valence-electron chi connectivity index (χ2n) is 5.20. The average Bonchev–Trinajstić information content (AvgIpc) is 2.99. The van der Waals surface area contributed by atoms with E-state index in [1.807, 2.05) is 0 Å². The van der Waals surface area contributed by atoms with Gasteiger partial charge in [0.05, 0.1) is 17.1 Å². The molecular weight excluding hydrogens is 288 g/mol. The van der Waals surface area contributed by atoms with Crippen molar-refractivity contribution < 1.29 is 19.2 Å². The van der Waals surface area contributed by atoms with E-state index in [1.54, 1.807) is 6.92 Å². The molecule has 0 saturated heterocycles. The van der Waals surface area contributed by atoms with Crippen LogP contribution in [-0.2, 0) is 4.74 Å². The Balaban J connectivity index is 2.26. The third-order valence-corrected chi connectivity index (χ3v) is 3.59. The number of carbonyl (C=O) groups is 2. The quantitative estimate of drug-likeness (QED) is 0.512. The fourth-order valence-corrected chi connectivity index (χ4v) is 2.52.